The van der Waals surface area contributed by atoms with E-state index in [0.29, 0.717) is 11.1 Å². The molecule has 1 heterocycles. The SMILES string of the molecule is CC(C)(C)[Si](C)(C)O[C@@H]1CCN(Cc2ccccc2)C1. The van der Waals surface area contributed by atoms with Crippen LogP contribution in [-0.2, 0) is 11.0 Å². The van der Waals surface area contributed by atoms with E-state index < -0.39 is 8.32 Å². The molecule has 2 rings (SSSR count). The van der Waals surface area contributed by atoms with Gasteiger partial charge < -0.3 is 4.43 Å². The fourth-order valence-electron chi connectivity index (χ4n) is 2.47. The van der Waals surface area contributed by atoms with Crippen LogP contribution in [0.5, 0.6) is 0 Å². The van der Waals surface area contributed by atoms with E-state index >= 15 is 0 Å². The van der Waals surface area contributed by atoms with Gasteiger partial charge in [-0.05, 0) is 30.1 Å². The van der Waals surface area contributed by atoms with E-state index in [9.17, 15) is 0 Å². The van der Waals surface area contributed by atoms with Crippen molar-refractivity contribution in [2.45, 2.75) is 58.0 Å². The van der Waals surface area contributed by atoms with Gasteiger partial charge in [0.15, 0.2) is 8.32 Å². The van der Waals surface area contributed by atoms with Gasteiger partial charge >= 0.3 is 0 Å². The smallest absolute Gasteiger partial charge is 0.192 e. The molecule has 0 N–H and O–H groups in total. The van der Waals surface area contributed by atoms with Crippen LogP contribution in [0.2, 0.25) is 18.1 Å². The predicted octanol–water partition coefficient (Wildman–Crippen LogP) is 4.28. The van der Waals surface area contributed by atoms with Gasteiger partial charge in [0, 0.05) is 19.6 Å². The molecule has 1 fully saturated rings. The summed E-state index contributed by atoms with van der Waals surface area (Å²) >= 11 is 0. The van der Waals surface area contributed by atoms with E-state index in [2.05, 4.69) is 69.1 Å². The topological polar surface area (TPSA) is 12.5 Å². The zero-order valence-electron chi connectivity index (χ0n) is 13.6. The van der Waals surface area contributed by atoms with Gasteiger partial charge in [-0.2, -0.15) is 0 Å². The molecular formula is C17H29NOSi. The van der Waals surface area contributed by atoms with Crippen molar-refractivity contribution in [2.24, 2.45) is 0 Å². The van der Waals surface area contributed by atoms with Crippen LogP contribution >= 0.6 is 0 Å². The predicted molar refractivity (Wildman–Crippen MR) is 88.4 cm³/mol. The number of hydrogen-bond acceptors (Lipinski definition) is 2. The lowest BCUT2D eigenvalue weighted by Crippen LogP contribution is -2.44. The van der Waals surface area contributed by atoms with Crippen LogP contribution < -0.4 is 0 Å². The summed E-state index contributed by atoms with van der Waals surface area (Å²) in [7, 11) is -1.62. The second-order valence-corrected chi connectivity index (χ2v) is 12.3. The summed E-state index contributed by atoms with van der Waals surface area (Å²) in [5.74, 6) is 0. The van der Waals surface area contributed by atoms with Crippen LogP contribution in [0.15, 0.2) is 30.3 Å². The van der Waals surface area contributed by atoms with Crippen LogP contribution in [-0.4, -0.2) is 32.4 Å². The van der Waals surface area contributed by atoms with Gasteiger partial charge in [0.1, 0.15) is 0 Å². The number of nitrogens with zero attached hydrogens (tertiary/aromatic N) is 1. The van der Waals surface area contributed by atoms with E-state index in [0.717, 1.165) is 19.6 Å². The van der Waals surface area contributed by atoms with Crippen LogP contribution in [0.1, 0.15) is 32.8 Å². The van der Waals surface area contributed by atoms with Crippen molar-refractivity contribution in [3.63, 3.8) is 0 Å². The second-order valence-electron chi connectivity index (χ2n) is 7.51. The fraction of sp³-hybridized carbons (Fsp3) is 0.647. The molecule has 112 valence electrons. The Morgan fingerprint density at radius 1 is 1.20 bits per heavy atom. The van der Waals surface area contributed by atoms with E-state index in [-0.39, 0.29) is 0 Å². The lowest BCUT2D eigenvalue weighted by Gasteiger charge is -2.38. The normalized spacial score (nSPS) is 21.4. The molecule has 0 bridgehead atoms. The van der Waals surface area contributed by atoms with E-state index in [4.69, 9.17) is 4.43 Å². The number of benzene rings is 1. The first-order chi connectivity index (χ1) is 9.28. The van der Waals surface area contributed by atoms with Gasteiger partial charge in [0.2, 0.25) is 0 Å². The minimum atomic E-state index is -1.62. The quantitative estimate of drug-likeness (QED) is 0.768. The Hall–Kier alpha value is -0.643. The molecule has 3 heteroatoms. The second kappa shape index (κ2) is 6.00. The number of rotatable bonds is 4. The highest BCUT2D eigenvalue weighted by atomic mass is 28.4. The lowest BCUT2D eigenvalue weighted by molar-refractivity contribution is 0.179. The zero-order valence-corrected chi connectivity index (χ0v) is 14.6. The highest BCUT2D eigenvalue weighted by Gasteiger charge is 2.40. The molecule has 1 aromatic carbocycles. The maximum Gasteiger partial charge on any atom is 0.192 e. The van der Waals surface area contributed by atoms with Crippen molar-refractivity contribution in [3.8, 4) is 0 Å². The Balaban J connectivity index is 1.87. The van der Waals surface area contributed by atoms with Gasteiger partial charge in [-0.1, -0.05) is 51.1 Å². The highest BCUT2D eigenvalue weighted by Crippen LogP contribution is 2.38. The average Bonchev–Trinajstić information content (AvgIpc) is 2.75. The van der Waals surface area contributed by atoms with Crippen molar-refractivity contribution in [1.82, 2.24) is 4.90 Å². The summed E-state index contributed by atoms with van der Waals surface area (Å²) in [5, 5.41) is 0.305. The maximum absolute atomic E-state index is 6.53. The molecule has 1 atom stereocenters. The zero-order chi connectivity index (χ0) is 14.8. The molecule has 0 radical (unpaired) electrons. The first kappa shape index (κ1) is 15.7. The number of likely N-dealkylation sites (tertiary alicyclic amines) is 1. The molecule has 1 aliphatic heterocycles. The Morgan fingerprint density at radius 2 is 1.85 bits per heavy atom. The first-order valence-electron chi connectivity index (χ1n) is 7.72. The third kappa shape index (κ3) is 3.93. The highest BCUT2D eigenvalue weighted by molar-refractivity contribution is 6.74. The third-order valence-corrected chi connectivity index (χ3v) is 9.28. The summed E-state index contributed by atoms with van der Waals surface area (Å²) in [6.07, 6.45) is 1.61. The lowest BCUT2D eigenvalue weighted by atomic mass is 10.2. The molecular weight excluding hydrogens is 262 g/mol. The van der Waals surface area contributed by atoms with Gasteiger partial charge in [0.05, 0.1) is 6.10 Å². The van der Waals surface area contributed by atoms with E-state index in [1.165, 1.54) is 12.0 Å². The van der Waals surface area contributed by atoms with Gasteiger partial charge in [0.25, 0.3) is 0 Å². The molecule has 1 saturated heterocycles. The molecule has 1 aromatic rings. The minimum Gasteiger partial charge on any atom is -0.413 e. The maximum atomic E-state index is 6.53. The van der Waals surface area contributed by atoms with Gasteiger partial charge in [-0.3, -0.25) is 4.90 Å². The standard InChI is InChI=1S/C17H29NOSi/c1-17(2,3)20(4,5)19-16-11-12-18(14-16)13-15-9-7-6-8-10-15/h6-10,16H,11-14H2,1-5H3/t16-/m1/s1. The number of hydrogen-bond donors (Lipinski definition) is 0. The summed E-state index contributed by atoms with van der Waals surface area (Å²) < 4.78 is 6.53. The molecule has 0 aromatic heterocycles. The molecule has 0 spiro atoms. The molecule has 0 amide bonds. The van der Waals surface area contributed by atoms with Gasteiger partial charge in [-0.15, -0.1) is 0 Å². The average molecular weight is 292 g/mol. The van der Waals surface area contributed by atoms with Crippen LogP contribution in [0.3, 0.4) is 0 Å². The fourth-order valence-corrected chi connectivity index (χ4v) is 3.85. The summed E-state index contributed by atoms with van der Waals surface area (Å²) in [4.78, 5) is 2.52. The molecule has 0 aliphatic carbocycles. The van der Waals surface area contributed by atoms with Crippen molar-refractivity contribution in [2.75, 3.05) is 13.1 Å². The van der Waals surface area contributed by atoms with Crippen LogP contribution in [0.25, 0.3) is 0 Å². The van der Waals surface area contributed by atoms with Crippen LogP contribution in [0, 0.1) is 0 Å². The molecule has 0 saturated carbocycles. The minimum absolute atomic E-state index is 0.305. The summed E-state index contributed by atoms with van der Waals surface area (Å²) in [6.45, 7) is 15.0. The Bertz CT molecular complexity index is 424. The molecule has 2 nitrogen and oxygen atoms in total. The van der Waals surface area contributed by atoms with Gasteiger partial charge in [-0.25, -0.2) is 0 Å². The van der Waals surface area contributed by atoms with E-state index in [1.807, 2.05) is 0 Å². The monoisotopic (exact) mass is 291 g/mol. The van der Waals surface area contributed by atoms with Crippen molar-refractivity contribution < 1.29 is 4.43 Å². The van der Waals surface area contributed by atoms with Crippen molar-refractivity contribution in [3.05, 3.63) is 35.9 Å². The van der Waals surface area contributed by atoms with E-state index in [1.54, 1.807) is 0 Å². The summed E-state index contributed by atoms with van der Waals surface area (Å²) in [6, 6.07) is 10.7. The Kier molecular flexibility index (Phi) is 4.72. The Labute approximate surface area is 125 Å². The molecule has 20 heavy (non-hydrogen) atoms. The Morgan fingerprint density at radius 3 is 2.45 bits per heavy atom. The molecule has 1 aliphatic rings. The van der Waals surface area contributed by atoms with Crippen molar-refractivity contribution in [1.29, 1.82) is 0 Å². The summed E-state index contributed by atoms with van der Waals surface area (Å²) in [5.41, 5.74) is 1.40. The first-order valence-corrected chi connectivity index (χ1v) is 10.6. The third-order valence-electron chi connectivity index (χ3n) is 4.75. The van der Waals surface area contributed by atoms with Crippen molar-refractivity contribution >= 4 is 8.32 Å². The molecule has 0 unspecified atom stereocenters. The van der Waals surface area contributed by atoms with Crippen LogP contribution in [0.4, 0.5) is 0 Å². The largest absolute Gasteiger partial charge is 0.413 e.